The second-order valence-corrected chi connectivity index (χ2v) is 6.23. The van der Waals surface area contributed by atoms with Gasteiger partial charge in [0.2, 0.25) is 0 Å². The molecule has 3 nitrogen and oxygen atoms in total. The molecule has 1 aliphatic rings. The van der Waals surface area contributed by atoms with Crippen LogP contribution in [0.5, 0.6) is 0 Å². The number of H-pyrrole nitrogens is 1. The molecular formula is C15H27N3. The van der Waals surface area contributed by atoms with E-state index in [4.69, 9.17) is 5.73 Å². The van der Waals surface area contributed by atoms with Crippen LogP contribution in [0.1, 0.15) is 63.6 Å². The summed E-state index contributed by atoms with van der Waals surface area (Å²) >= 11 is 0. The average molecular weight is 249 g/mol. The molecule has 0 atom stereocenters. The number of aromatic amines is 1. The van der Waals surface area contributed by atoms with Gasteiger partial charge in [-0.15, -0.1) is 0 Å². The standard InChI is InChI=1S/C15H27N3/c1-11(2)9-13-14(17-18-15(13)16)10-12-7-5-3-4-6-8-12/h11-12H,3-10H2,1-2H3,(H3,16,17,18). The summed E-state index contributed by atoms with van der Waals surface area (Å²) in [7, 11) is 0. The topological polar surface area (TPSA) is 54.7 Å². The molecule has 0 aliphatic heterocycles. The lowest BCUT2D eigenvalue weighted by atomic mass is 9.92. The van der Waals surface area contributed by atoms with E-state index in [1.54, 1.807) is 0 Å². The average Bonchev–Trinajstić information content (AvgIpc) is 2.57. The van der Waals surface area contributed by atoms with Crippen molar-refractivity contribution < 1.29 is 0 Å². The molecule has 0 amide bonds. The van der Waals surface area contributed by atoms with Gasteiger partial charge in [-0.2, -0.15) is 5.10 Å². The summed E-state index contributed by atoms with van der Waals surface area (Å²) in [6.45, 7) is 4.48. The quantitative estimate of drug-likeness (QED) is 0.799. The molecule has 3 N–H and O–H groups in total. The van der Waals surface area contributed by atoms with Gasteiger partial charge in [-0.05, 0) is 24.7 Å². The summed E-state index contributed by atoms with van der Waals surface area (Å²) in [6.07, 6.45) is 10.6. The molecule has 1 heterocycles. The summed E-state index contributed by atoms with van der Waals surface area (Å²) in [5.74, 6) is 2.18. The molecule has 1 aromatic rings. The first-order valence-corrected chi connectivity index (χ1v) is 7.48. The zero-order valence-corrected chi connectivity index (χ0v) is 11.8. The number of nitrogens with one attached hydrogen (secondary N) is 1. The monoisotopic (exact) mass is 249 g/mol. The molecule has 18 heavy (non-hydrogen) atoms. The summed E-state index contributed by atoms with van der Waals surface area (Å²) in [5, 5.41) is 7.38. The van der Waals surface area contributed by atoms with Gasteiger partial charge in [-0.25, -0.2) is 0 Å². The van der Waals surface area contributed by atoms with Crippen LogP contribution < -0.4 is 5.73 Å². The summed E-state index contributed by atoms with van der Waals surface area (Å²) < 4.78 is 0. The van der Waals surface area contributed by atoms with Crippen molar-refractivity contribution >= 4 is 5.82 Å². The largest absolute Gasteiger partial charge is 0.382 e. The third-order valence-electron chi connectivity index (χ3n) is 4.06. The molecule has 102 valence electrons. The van der Waals surface area contributed by atoms with Crippen LogP contribution in [0.2, 0.25) is 0 Å². The second kappa shape index (κ2) is 6.26. The fourth-order valence-electron chi connectivity index (χ4n) is 3.08. The predicted octanol–water partition coefficient (Wildman–Crippen LogP) is 3.70. The van der Waals surface area contributed by atoms with Crippen LogP contribution in [-0.2, 0) is 12.8 Å². The van der Waals surface area contributed by atoms with E-state index < -0.39 is 0 Å². The Morgan fingerprint density at radius 3 is 2.50 bits per heavy atom. The zero-order chi connectivity index (χ0) is 13.0. The molecule has 0 radical (unpaired) electrons. The van der Waals surface area contributed by atoms with Gasteiger partial charge < -0.3 is 5.73 Å². The zero-order valence-electron chi connectivity index (χ0n) is 11.8. The number of hydrogen-bond donors (Lipinski definition) is 2. The SMILES string of the molecule is CC(C)Cc1c(N)n[nH]c1CC1CCCCCC1. The Balaban J connectivity index is 2.03. The Morgan fingerprint density at radius 2 is 1.89 bits per heavy atom. The van der Waals surface area contributed by atoms with Crippen molar-refractivity contribution in [1.82, 2.24) is 10.2 Å². The Morgan fingerprint density at radius 1 is 1.22 bits per heavy atom. The molecule has 1 fully saturated rings. The number of aromatic nitrogens is 2. The van der Waals surface area contributed by atoms with Gasteiger partial charge in [0, 0.05) is 11.3 Å². The number of nitrogens with zero attached hydrogens (tertiary/aromatic N) is 1. The van der Waals surface area contributed by atoms with E-state index in [9.17, 15) is 0 Å². The molecule has 0 bridgehead atoms. The summed E-state index contributed by atoms with van der Waals surface area (Å²) in [4.78, 5) is 0. The van der Waals surface area contributed by atoms with Crippen LogP contribution in [0.3, 0.4) is 0 Å². The first-order chi connectivity index (χ1) is 8.66. The van der Waals surface area contributed by atoms with Crippen molar-refractivity contribution in [2.45, 2.75) is 65.2 Å². The molecule has 0 spiro atoms. The lowest BCUT2D eigenvalue weighted by molar-refractivity contribution is 0.450. The van der Waals surface area contributed by atoms with Crippen molar-refractivity contribution in [3.05, 3.63) is 11.3 Å². The molecule has 1 aromatic heterocycles. The Labute approximate surface area is 111 Å². The minimum Gasteiger partial charge on any atom is -0.382 e. The smallest absolute Gasteiger partial charge is 0.148 e. The lowest BCUT2D eigenvalue weighted by Crippen LogP contribution is -2.07. The Kier molecular flexibility index (Phi) is 4.67. The number of nitrogen functional groups attached to an aromatic ring is 1. The summed E-state index contributed by atoms with van der Waals surface area (Å²) in [5.41, 5.74) is 8.55. The maximum absolute atomic E-state index is 5.98. The molecule has 3 heteroatoms. The highest BCUT2D eigenvalue weighted by atomic mass is 15.2. The van der Waals surface area contributed by atoms with E-state index in [2.05, 4.69) is 24.0 Å². The first kappa shape index (κ1) is 13.4. The van der Waals surface area contributed by atoms with E-state index in [0.29, 0.717) is 11.7 Å². The predicted molar refractivity (Wildman–Crippen MR) is 76.4 cm³/mol. The maximum atomic E-state index is 5.98. The highest BCUT2D eigenvalue weighted by molar-refractivity contribution is 5.42. The van der Waals surface area contributed by atoms with Crippen molar-refractivity contribution in [2.75, 3.05) is 5.73 Å². The van der Waals surface area contributed by atoms with Crippen LogP contribution in [0, 0.1) is 11.8 Å². The normalized spacial score (nSPS) is 18.2. The maximum Gasteiger partial charge on any atom is 0.148 e. The third-order valence-corrected chi connectivity index (χ3v) is 4.06. The first-order valence-electron chi connectivity index (χ1n) is 7.48. The van der Waals surface area contributed by atoms with Crippen molar-refractivity contribution in [1.29, 1.82) is 0 Å². The molecular weight excluding hydrogens is 222 g/mol. The lowest BCUT2D eigenvalue weighted by Gasteiger charge is -2.14. The highest BCUT2D eigenvalue weighted by Crippen LogP contribution is 2.28. The molecule has 0 saturated heterocycles. The fraction of sp³-hybridized carbons (Fsp3) is 0.800. The van der Waals surface area contributed by atoms with Crippen LogP contribution >= 0.6 is 0 Å². The highest BCUT2D eigenvalue weighted by Gasteiger charge is 2.18. The number of rotatable bonds is 4. The van der Waals surface area contributed by atoms with Gasteiger partial charge in [0.1, 0.15) is 5.82 Å². The number of anilines is 1. The molecule has 2 rings (SSSR count). The molecule has 0 unspecified atom stereocenters. The number of hydrogen-bond acceptors (Lipinski definition) is 2. The molecule has 1 aliphatic carbocycles. The van der Waals surface area contributed by atoms with Gasteiger partial charge >= 0.3 is 0 Å². The van der Waals surface area contributed by atoms with Crippen LogP contribution in [0.4, 0.5) is 5.82 Å². The Bertz CT molecular complexity index is 360. The van der Waals surface area contributed by atoms with Crippen molar-refractivity contribution in [3.63, 3.8) is 0 Å². The number of nitrogens with two attached hydrogens (primary N) is 1. The van der Waals surface area contributed by atoms with Gasteiger partial charge in [-0.3, -0.25) is 5.10 Å². The van der Waals surface area contributed by atoms with Crippen LogP contribution in [-0.4, -0.2) is 10.2 Å². The minimum absolute atomic E-state index is 0.637. The van der Waals surface area contributed by atoms with Crippen LogP contribution in [0.15, 0.2) is 0 Å². The Hall–Kier alpha value is -0.990. The van der Waals surface area contributed by atoms with Crippen molar-refractivity contribution in [2.24, 2.45) is 11.8 Å². The van der Waals surface area contributed by atoms with E-state index >= 15 is 0 Å². The second-order valence-electron chi connectivity index (χ2n) is 6.23. The van der Waals surface area contributed by atoms with E-state index in [-0.39, 0.29) is 0 Å². The van der Waals surface area contributed by atoms with Gasteiger partial charge in [0.15, 0.2) is 0 Å². The fourth-order valence-corrected chi connectivity index (χ4v) is 3.08. The molecule has 1 saturated carbocycles. The van der Waals surface area contributed by atoms with Crippen molar-refractivity contribution in [3.8, 4) is 0 Å². The minimum atomic E-state index is 0.637. The van der Waals surface area contributed by atoms with E-state index in [0.717, 1.165) is 18.8 Å². The van der Waals surface area contributed by atoms with Gasteiger partial charge in [-0.1, -0.05) is 52.4 Å². The third kappa shape index (κ3) is 3.50. The van der Waals surface area contributed by atoms with Crippen LogP contribution in [0.25, 0.3) is 0 Å². The van der Waals surface area contributed by atoms with E-state index in [1.165, 1.54) is 49.8 Å². The van der Waals surface area contributed by atoms with Gasteiger partial charge in [0.25, 0.3) is 0 Å². The summed E-state index contributed by atoms with van der Waals surface area (Å²) in [6, 6.07) is 0. The molecule has 0 aromatic carbocycles. The van der Waals surface area contributed by atoms with E-state index in [1.807, 2.05) is 0 Å². The van der Waals surface area contributed by atoms with Gasteiger partial charge in [0.05, 0.1) is 0 Å².